The zero-order valence-corrected chi connectivity index (χ0v) is 21.7. The van der Waals surface area contributed by atoms with E-state index in [0.29, 0.717) is 16.9 Å². The summed E-state index contributed by atoms with van der Waals surface area (Å²) in [7, 11) is 1.69. The molecule has 0 heterocycles. The van der Waals surface area contributed by atoms with E-state index in [1.807, 2.05) is 39.8 Å². The molecule has 1 radical (unpaired) electrons. The molecule has 4 nitrogen and oxygen atoms in total. The molecule has 0 N–H and O–H groups in total. The minimum atomic E-state index is -0.433. The fraction of sp³-hybridized carbons (Fsp3) is 0.231. The van der Waals surface area contributed by atoms with Crippen LogP contribution in [0.15, 0.2) is 48.5 Å². The number of Topliss-reactive ketones (excluding diaryl/α,β-unsaturated/α-hetero) is 1. The molecular weight excluding hydrogens is 465 g/mol. The summed E-state index contributed by atoms with van der Waals surface area (Å²) in [5.74, 6) is 1.07. The van der Waals surface area contributed by atoms with Gasteiger partial charge in [-0.25, -0.2) is 4.79 Å². The van der Waals surface area contributed by atoms with Crippen molar-refractivity contribution in [2.45, 2.75) is 34.6 Å². The number of ketones is 1. The molecule has 0 spiro atoms. The van der Waals surface area contributed by atoms with Gasteiger partial charge in [0.05, 0.1) is 12.7 Å². The molecule has 0 aliphatic carbocycles. The number of hydrogen-bond donors (Lipinski definition) is 0. The predicted molar refractivity (Wildman–Crippen MR) is 117 cm³/mol. The van der Waals surface area contributed by atoms with Crippen LogP contribution in [-0.4, -0.2) is 18.9 Å². The van der Waals surface area contributed by atoms with Crippen molar-refractivity contribution in [3.05, 3.63) is 94.0 Å². The van der Waals surface area contributed by atoms with Gasteiger partial charge in [0, 0.05) is 49.8 Å². The summed E-state index contributed by atoms with van der Waals surface area (Å²) in [6, 6.07) is 19.8. The van der Waals surface area contributed by atoms with Crippen LogP contribution in [-0.2, 0) is 32.7 Å². The van der Waals surface area contributed by atoms with Gasteiger partial charge >= 0.3 is 5.97 Å². The van der Waals surface area contributed by atoms with Gasteiger partial charge in [0.25, 0.3) is 0 Å². The zero-order chi connectivity index (χ0) is 22.3. The molecule has 31 heavy (non-hydrogen) atoms. The number of rotatable bonds is 4. The maximum Gasteiger partial charge on any atom is 0.341 e. The Hall–Kier alpha value is -2.30. The zero-order valence-electron chi connectivity index (χ0n) is 18.8. The molecule has 0 aliphatic heterocycles. The Bertz CT molecular complexity index is 999. The van der Waals surface area contributed by atoms with E-state index in [9.17, 15) is 9.59 Å². The Morgan fingerprint density at radius 1 is 0.710 bits per heavy atom. The first-order valence-electron chi connectivity index (χ1n) is 9.56. The first kappa shape index (κ1) is 26.7. The Labute approximate surface area is 209 Å². The van der Waals surface area contributed by atoms with Crippen LogP contribution in [0.1, 0.15) is 49.9 Å². The monoisotopic (exact) mass is 491 g/mol. The molecule has 0 aliphatic rings. The average molecular weight is 491 g/mol. The molecule has 0 saturated carbocycles. The molecule has 3 aromatic carbocycles. The molecule has 3 aromatic rings. The molecule has 0 atom stereocenters. The molecule has 0 aromatic heterocycles. The van der Waals surface area contributed by atoms with Crippen molar-refractivity contribution in [3.63, 3.8) is 0 Å². The first-order valence-corrected chi connectivity index (χ1v) is 9.56. The van der Waals surface area contributed by atoms with E-state index in [4.69, 9.17) is 9.47 Å². The quantitative estimate of drug-likeness (QED) is 0.205. The van der Waals surface area contributed by atoms with Crippen LogP contribution in [0.2, 0.25) is 0 Å². The normalized spacial score (nSPS) is 9.61. The number of aryl methyl sites for hydroxylation is 4. The summed E-state index contributed by atoms with van der Waals surface area (Å²) in [4.78, 5) is 23.3. The van der Waals surface area contributed by atoms with Gasteiger partial charge in [0.1, 0.15) is 0 Å². The second-order valence-corrected chi connectivity index (χ2v) is 7.03. The summed E-state index contributed by atoms with van der Waals surface area (Å²) in [5.41, 5.74) is 4.99. The minimum Gasteiger partial charge on any atom is -0.522 e. The Morgan fingerprint density at radius 2 is 1.10 bits per heavy atom. The van der Waals surface area contributed by atoms with Crippen LogP contribution < -0.4 is 9.47 Å². The van der Waals surface area contributed by atoms with Gasteiger partial charge < -0.3 is 9.47 Å². The number of hydrogen-bond acceptors (Lipinski definition) is 4. The number of carbonyl (C=O) groups is 2. The van der Waals surface area contributed by atoms with Crippen LogP contribution in [0, 0.1) is 39.8 Å². The number of carbonyl (C=O) groups excluding carboxylic acids is 2. The van der Waals surface area contributed by atoms with E-state index in [2.05, 4.69) is 12.1 Å². The van der Waals surface area contributed by atoms with Crippen molar-refractivity contribution >= 4 is 11.8 Å². The third-order valence-electron chi connectivity index (χ3n) is 4.56. The second-order valence-electron chi connectivity index (χ2n) is 7.03. The minimum absolute atomic E-state index is 0. The molecule has 0 unspecified atom stereocenters. The number of esters is 1. The summed E-state index contributed by atoms with van der Waals surface area (Å²) < 4.78 is 10.6. The van der Waals surface area contributed by atoms with E-state index >= 15 is 0 Å². The fourth-order valence-electron chi connectivity index (χ4n) is 2.94. The number of methoxy groups -OCH3 is 1. The van der Waals surface area contributed by atoms with Crippen LogP contribution in [0.5, 0.6) is 11.5 Å². The van der Waals surface area contributed by atoms with Crippen LogP contribution in [0.4, 0.5) is 0 Å². The van der Waals surface area contributed by atoms with Gasteiger partial charge in [-0.1, -0.05) is 39.8 Å². The van der Waals surface area contributed by atoms with Gasteiger partial charge in [-0.15, -0.1) is 22.3 Å². The Kier molecular flexibility index (Phi) is 10.8. The van der Waals surface area contributed by atoms with Crippen molar-refractivity contribution in [1.82, 2.24) is 0 Å². The molecule has 3 rings (SSSR count). The van der Waals surface area contributed by atoms with Gasteiger partial charge in [0.2, 0.25) is 0 Å². The van der Waals surface area contributed by atoms with Crippen LogP contribution in [0.3, 0.4) is 0 Å². The summed E-state index contributed by atoms with van der Waals surface area (Å²) in [5, 5.41) is 0. The molecule has 159 valence electrons. The van der Waals surface area contributed by atoms with E-state index in [0.717, 1.165) is 28.0 Å². The molecule has 0 amide bonds. The van der Waals surface area contributed by atoms with Crippen molar-refractivity contribution in [2.24, 2.45) is 0 Å². The first-order chi connectivity index (χ1) is 14.2. The third-order valence-corrected chi connectivity index (χ3v) is 4.56. The molecular formula is C26H26O4Y-2. The van der Waals surface area contributed by atoms with Gasteiger partial charge in [-0.2, -0.15) is 36.4 Å². The Balaban J connectivity index is 0.000000370. The topological polar surface area (TPSA) is 52.6 Å². The van der Waals surface area contributed by atoms with E-state index in [-0.39, 0.29) is 38.5 Å². The molecule has 0 bridgehead atoms. The Morgan fingerprint density at radius 3 is 1.45 bits per heavy atom. The maximum atomic E-state index is 12.1. The van der Waals surface area contributed by atoms with Gasteiger partial charge in [-0.3, -0.25) is 4.79 Å². The van der Waals surface area contributed by atoms with Gasteiger partial charge in [0.15, 0.2) is 5.78 Å². The SMILES string of the molecule is CC(=O)c1ccc(C(=O)Oc2c(C)c[c-]cc2C)cc1.COc1c(C)c[c-]cc1C.[Y]. The summed E-state index contributed by atoms with van der Waals surface area (Å²) >= 11 is 0. The molecule has 5 heteroatoms. The van der Waals surface area contributed by atoms with Crippen molar-refractivity contribution < 1.29 is 51.8 Å². The van der Waals surface area contributed by atoms with E-state index in [1.165, 1.54) is 6.92 Å². The van der Waals surface area contributed by atoms with Crippen LogP contribution >= 0.6 is 0 Å². The molecule has 0 saturated heterocycles. The fourth-order valence-corrected chi connectivity index (χ4v) is 2.94. The smallest absolute Gasteiger partial charge is 0.341 e. The standard InChI is InChI=1S/C17H15O3.C9H11O.Y/c1-11-5-4-6-12(2)16(11)20-17(19)15-9-7-14(8-10-15)13(3)18;1-7-5-4-6-8(2)9(7)10-3;/h5-10H,1-3H3;5-6H,1-3H3;/q2*-1;. The van der Waals surface area contributed by atoms with Gasteiger partial charge in [-0.05, 0) is 19.1 Å². The van der Waals surface area contributed by atoms with Crippen LogP contribution in [0.25, 0.3) is 0 Å². The third kappa shape index (κ3) is 7.41. The second kappa shape index (κ2) is 12.5. The summed E-state index contributed by atoms with van der Waals surface area (Å²) in [6.07, 6.45) is 0. The van der Waals surface area contributed by atoms with E-state index < -0.39 is 5.97 Å². The molecule has 0 fully saturated rings. The predicted octanol–water partition coefficient (Wildman–Crippen LogP) is 5.64. The largest absolute Gasteiger partial charge is 0.522 e. The van der Waals surface area contributed by atoms with Crippen molar-refractivity contribution in [2.75, 3.05) is 7.11 Å². The summed E-state index contributed by atoms with van der Waals surface area (Å²) in [6.45, 7) is 9.25. The van der Waals surface area contributed by atoms with E-state index in [1.54, 1.807) is 43.5 Å². The van der Waals surface area contributed by atoms with Crippen molar-refractivity contribution in [1.29, 1.82) is 0 Å². The number of benzene rings is 3. The van der Waals surface area contributed by atoms with Crippen molar-refractivity contribution in [3.8, 4) is 11.5 Å². The maximum absolute atomic E-state index is 12.1. The average Bonchev–Trinajstić information content (AvgIpc) is 2.71. The number of ether oxygens (including phenoxy) is 2.